The number of thiophene rings is 1. The van der Waals surface area contributed by atoms with E-state index in [0.29, 0.717) is 5.56 Å². The topological polar surface area (TPSA) is 41.1 Å². The number of rotatable bonds is 3. The first-order chi connectivity index (χ1) is 8.20. The summed E-state index contributed by atoms with van der Waals surface area (Å²) in [7, 11) is 1.86. The summed E-state index contributed by atoms with van der Waals surface area (Å²) in [5.74, 6) is -0.0662. The molecule has 0 saturated carbocycles. The molecule has 0 unspecified atom stereocenters. The first kappa shape index (κ1) is 11.7. The number of carbonyl (C=O) groups excluding carboxylic acids is 1. The minimum Gasteiger partial charge on any atom is -0.388 e. The van der Waals surface area contributed by atoms with E-state index in [9.17, 15) is 4.79 Å². The molecule has 0 radical (unpaired) electrons. The van der Waals surface area contributed by atoms with Crippen LogP contribution in [0.4, 0.5) is 11.4 Å². The van der Waals surface area contributed by atoms with E-state index in [0.717, 1.165) is 16.9 Å². The Balaban J connectivity index is 2.19. The number of aryl methyl sites for hydroxylation is 1. The largest absolute Gasteiger partial charge is 0.388 e. The quantitative estimate of drug-likeness (QED) is 0.872. The Hall–Kier alpha value is -1.81. The summed E-state index contributed by atoms with van der Waals surface area (Å²) >= 11 is 1.56. The zero-order valence-corrected chi connectivity index (χ0v) is 10.6. The molecule has 0 aliphatic carbocycles. The van der Waals surface area contributed by atoms with Gasteiger partial charge in [0, 0.05) is 23.7 Å². The van der Waals surface area contributed by atoms with Gasteiger partial charge in [-0.05, 0) is 42.1 Å². The molecule has 2 aromatic rings. The number of hydrogen-bond donors (Lipinski definition) is 2. The Bertz CT molecular complexity index is 520. The van der Waals surface area contributed by atoms with E-state index in [1.807, 2.05) is 49.0 Å². The van der Waals surface area contributed by atoms with Crippen LogP contribution in [0.25, 0.3) is 0 Å². The highest BCUT2D eigenvalue weighted by Gasteiger charge is 2.09. The van der Waals surface area contributed by atoms with Crippen molar-refractivity contribution in [3.63, 3.8) is 0 Å². The Kier molecular flexibility index (Phi) is 3.44. The maximum Gasteiger partial charge on any atom is 0.255 e. The van der Waals surface area contributed by atoms with Crippen molar-refractivity contribution in [1.29, 1.82) is 0 Å². The molecule has 2 rings (SSSR count). The predicted molar refractivity (Wildman–Crippen MR) is 73.0 cm³/mol. The summed E-state index contributed by atoms with van der Waals surface area (Å²) in [5.41, 5.74) is 3.52. The SMILES string of the molecule is CNc1ccc(C(=O)Nc2ccsc2)c(C)c1. The minimum absolute atomic E-state index is 0.0662. The van der Waals surface area contributed by atoms with Gasteiger partial charge in [0.2, 0.25) is 0 Å². The molecule has 88 valence electrons. The number of carbonyl (C=O) groups is 1. The van der Waals surface area contributed by atoms with E-state index in [-0.39, 0.29) is 5.91 Å². The molecule has 1 amide bonds. The predicted octanol–water partition coefficient (Wildman–Crippen LogP) is 3.35. The normalized spacial score (nSPS) is 10.0. The Morgan fingerprint density at radius 3 is 2.65 bits per heavy atom. The molecule has 2 N–H and O–H groups in total. The molecule has 1 aromatic heterocycles. The van der Waals surface area contributed by atoms with E-state index >= 15 is 0 Å². The van der Waals surface area contributed by atoms with Crippen LogP contribution < -0.4 is 10.6 Å². The standard InChI is InChI=1S/C13H14N2OS/c1-9-7-10(14-2)3-4-12(9)13(16)15-11-5-6-17-8-11/h3-8,14H,1-2H3,(H,15,16). The van der Waals surface area contributed by atoms with Crippen molar-refractivity contribution in [3.8, 4) is 0 Å². The molecule has 3 nitrogen and oxygen atoms in total. The zero-order valence-electron chi connectivity index (χ0n) is 9.78. The van der Waals surface area contributed by atoms with Gasteiger partial charge in [0.15, 0.2) is 0 Å². The summed E-state index contributed by atoms with van der Waals surface area (Å²) < 4.78 is 0. The second kappa shape index (κ2) is 5.01. The molecular weight excluding hydrogens is 232 g/mol. The fourth-order valence-electron chi connectivity index (χ4n) is 1.61. The fraction of sp³-hybridized carbons (Fsp3) is 0.154. The number of anilines is 2. The van der Waals surface area contributed by atoms with Crippen molar-refractivity contribution in [2.75, 3.05) is 17.7 Å². The van der Waals surface area contributed by atoms with Crippen LogP contribution in [0.2, 0.25) is 0 Å². The maximum absolute atomic E-state index is 12.0. The van der Waals surface area contributed by atoms with Gasteiger partial charge in [-0.3, -0.25) is 4.79 Å². The van der Waals surface area contributed by atoms with Crippen LogP contribution >= 0.6 is 11.3 Å². The van der Waals surface area contributed by atoms with Gasteiger partial charge in [-0.1, -0.05) is 0 Å². The lowest BCUT2D eigenvalue weighted by Crippen LogP contribution is -2.12. The summed E-state index contributed by atoms with van der Waals surface area (Å²) in [6, 6.07) is 7.58. The first-order valence-electron chi connectivity index (χ1n) is 5.32. The van der Waals surface area contributed by atoms with E-state index in [2.05, 4.69) is 10.6 Å². The van der Waals surface area contributed by atoms with Crippen LogP contribution in [-0.2, 0) is 0 Å². The minimum atomic E-state index is -0.0662. The number of hydrogen-bond acceptors (Lipinski definition) is 3. The van der Waals surface area contributed by atoms with Crippen LogP contribution in [0.5, 0.6) is 0 Å². The highest BCUT2D eigenvalue weighted by Crippen LogP contribution is 2.18. The van der Waals surface area contributed by atoms with Crippen LogP contribution in [0.1, 0.15) is 15.9 Å². The summed E-state index contributed by atoms with van der Waals surface area (Å²) in [6.45, 7) is 1.93. The molecule has 0 aliphatic rings. The molecule has 0 fully saturated rings. The maximum atomic E-state index is 12.0. The van der Waals surface area contributed by atoms with Gasteiger partial charge in [-0.15, -0.1) is 0 Å². The Morgan fingerprint density at radius 1 is 1.24 bits per heavy atom. The Morgan fingerprint density at radius 2 is 2.06 bits per heavy atom. The van der Waals surface area contributed by atoms with E-state index in [1.165, 1.54) is 0 Å². The molecule has 1 aromatic carbocycles. The smallest absolute Gasteiger partial charge is 0.255 e. The monoisotopic (exact) mass is 246 g/mol. The molecule has 0 aliphatic heterocycles. The van der Waals surface area contributed by atoms with Gasteiger partial charge in [0.25, 0.3) is 5.91 Å². The highest BCUT2D eigenvalue weighted by molar-refractivity contribution is 7.08. The molecule has 0 atom stereocenters. The lowest BCUT2D eigenvalue weighted by molar-refractivity contribution is 0.102. The third-order valence-corrected chi connectivity index (χ3v) is 3.22. The zero-order chi connectivity index (χ0) is 12.3. The number of nitrogens with one attached hydrogen (secondary N) is 2. The summed E-state index contributed by atoms with van der Waals surface area (Å²) in [6.07, 6.45) is 0. The summed E-state index contributed by atoms with van der Waals surface area (Å²) in [5, 5.41) is 9.77. The molecule has 0 bridgehead atoms. The van der Waals surface area contributed by atoms with E-state index < -0.39 is 0 Å². The second-order valence-corrected chi connectivity index (χ2v) is 4.53. The molecular formula is C13H14N2OS. The molecule has 0 saturated heterocycles. The van der Waals surface area contributed by atoms with Gasteiger partial charge < -0.3 is 10.6 Å². The molecule has 17 heavy (non-hydrogen) atoms. The van der Waals surface area contributed by atoms with Crippen LogP contribution in [0, 0.1) is 6.92 Å². The average Bonchev–Trinajstić information content (AvgIpc) is 2.81. The van der Waals surface area contributed by atoms with Crippen molar-refractivity contribution >= 4 is 28.6 Å². The van der Waals surface area contributed by atoms with Crippen molar-refractivity contribution in [3.05, 3.63) is 46.2 Å². The van der Waals surface area contributed by atoms with Crippen LogP contribution in [0.15, 0.2) is 35.0 Å². The third-order valence-electron chi connectivity index (χ3n) is 2.54. The average molecular weight is 246 g/mol. The van der Waals surface area contributed by atoms with Crippen molar-refractivity contribution < 1.29 is 4.79 Å². The van der Waals surface area contributed by atoms with Gasteiger partial charge >= 0.3 is 0 Å². The van der Waals surface area contributed by atoms with Gasteiger partial charge in [-0.25, -0.2) is 0 Å². The van der Waals surface area contributed by atoms with E-state index in [1.54, 1.807) is 11.3 Å². The van der Waals surface area contributed by atoms with Crippen LogP contribution in [0.3, 0.4) is 0 Å². The Labute approximate surface area is 104 Å². The van der Waals surface area contributed by atoms with Gasteiger partial charge in [-0.2, -0.15) is 11.3 Å². The molecule has 1 heterocycles. The van der Waals surface area contributed by atoms with Crippen molar-refractivity contribution in [1.82, 2.24) is 0 Å². The first-order valence-corrected chi connectivity index (χ1v) is 6.27. The second-order valence-electron chi connectivity index (χ2n) is 3.75. The van der Waals surface area contributed by atoms with Crippen molar-refractivity contribution in [2.45, 2.75) is 6.92 Å². The molecule has 0 spiro atoms. The third kappa shape index (κ3) is 2.65. The van der Waals surface area contributed by atoms with Gasteiger partial charge in [0.1, 0.15) is 0 Å². The fourth-order valence-corrected chi connectivity index (χ4v) is 2.20. The molecule has 4 heteroatoms. The lowest BCUT2D eigenvalue weighted by Gasteiger charge is -2.08. The number of benzene rings is 1. The highest BCUT2D eigenvalue weighted by atomic mass is 32.1. The van der Waals surface area contributed by atoms with Crippen LogP contribution in [-0.4, -0.2) is 13.0 Å². The van der Waals surface area contributed by atoms with Gasteiger partial charge in [0.05, 0.1) is 5.69 Å². The number of amides is 1. The van der Waals surface area contributed by atoms with Crippen molar-refractivity contribution in [2.24, 2.45) is 0 Å². The lowest BCUT2D eigenvalue weighted by atomic mass is 10.1. The van der Waals surface area contributed by atoms with E-state index in [4.69, 9.17) is 0 Å². The summed E-state index contributed by atoms with van der Waals surface area (Å²) in [4.78, 5) is 12.0.